The second kappa shape index (κ2) is 7.93. The molecule has 6 nitrogen and oxygen atoms in total. The van der Waals surface area contributed by atoms with Crippen LogP contribution in [0.25, 0.3) is 0 Å². The Labute approximate surface area is 171 Å². The van der Waals surface area contributed by atoms with Crippen LogP contribution < -0.4 is 5.32 Å². The van der Waals surface area contributed by atoms with Gasteiger partial charge in [-0.3, -0.25) is 4.79 Å². The molecule has 0 aliphatic carbocycles. The van der Waals surface area contributed by atoms with Gasteiger partial charge in [0, 0.05) is 23.9 Å². The van der Waals surface area contributed by atoms with E-state index in [9.17, 15) is 13.2 Å². The Morgan fingerprint density at radius 2 is 1.68 bits per heavy atom. The molecule has 8 heteroatoms. The maximum Gasteiger partial charge on any atom is 0.243 e. The minimum atomic E-state index is -3.56. The van der Waals surface area contributed by atoms with Crippen molar-refractivity contribution in [2.24, 2.45) is 5.92 Å². The van der Waals surface area contributed by atoms with Gasteiger partial charge < -0.3 is 5.32 Å². The number of nitrogens with one attached hydrogen (secondary N) is 1. The molecule has 1 aliphatic rings. The summed E-state index contributed by atoms with van der Waals surface area (Å²) in [4.78, 5) is 18.4. The number of anilines is 1. The van der Waals surface area contributed by atoms with E-state index in [0.29, 0.717) is 36.0 Å². The Morgan fingerprint density at radius 1 is 1.11 bits per heavy atom. The predicted octanol–water partition coefficient (Wildman–Crippen LogP) is 3.72. The normalized spacial score (nSPS) is 16.3. The van der Waals surface area contributed by atoms with Crippen LogP contribution in [0.15, 0.2) is 17.0 Å². The Bertz CT molecular complexity index is 961. The number of aromatic nitrogens is 1. The standard InChI is InChI=1S/C20H27N3O3S2/c1-12-10-13(2)18(14(3)11-12)28(25,26)23-8-6-17(7-9-23)19(24)22-20-21-15(4)16(5)27-20/h10-11,17H,6-9H2,1-5H3,(H,21,22,24). The lowest BCUT2D eigenvalue weighted by Crippen LogP contribution is -2.41. The molecule has 0 spiro atoms. The molecule has 0 saturated carbocycles. The summed E-state index contributed by atoms with van der Waals surface area (Å²) in [5.41, 5.74) is 3.51. The molecule has 1 saturated heterocycles. The highest BCUT2D eigenvalue weighted by Crippen LogP contribution is 2.29. The fourth-order valence-electron chi connectivity index (χ4n) is 3.79. The maximum absolute atomic E-state index is 13.2. The summed E-state index contributed by atoms with van der Waals surface area (Å²) in [6, 6.07) is 3.80. The second-order valence-electron chi connectivity index (χ2n) is 7.56. The number of nitrogens with zero attached hydrogens (tertiary/aromatic N) is 2. The van der Waals surface area contributed by atoms with Gasteiger partial charge in [0.2, 0.25) is 15.9 Å². The number of sulfonamides is 1. The van der Waals surface area contributed by atoms with Crippen molar-refractivity contribution in [2.45, 2.75) is 52.4 Å². The first-order chi connectivity index (χ1) is 13.1. The zero-order chi connectivity index (χ0) is 20.6. The smallest absolute Gasteiger partial charge is 0.243 e. The minimum absolute atomic E-state index is 0.0755. The van der Waals surface area contributed by atoms with Crippen LogP contribution in [0, 0.1) is 40.5 Å². The molecule has 1 fully saturated rings. The van der Waals surface area contributed by atoms with Crippen molar-refractivity contribution in [2.75, 3.05) is 18.4 Å². The van der Waals surface area contributed by atoms with Gasteiger partial charge in [-0.05, 0) is 58.6 Å². The van der Waals surface area contributed by atoms with Gasteiger partial charge in [0.05, 0.1) is 10.6 Å². The van der Waals surface area contributed by atoms with E-state index in [2.05, 4.69) is 10.3 Å². The molecule has 152 valence electrons. The monoisotopic (exact) mass is 421 g/mol. The summed E-state index contributed by atoms with van der Waals surface area (Å²) < 4.78 is 27.8. The molecule has 3 rings (SSSR count). The first-order valence-corrected chi connectivity index (χ1v) is 11.7. The van der Waals surface area contributed by atoms with E-state index in [1.165, 1.54) is 15.6 Å². The van der Waals surface area contributed by atoms with Crippen LogP contribution >= 0.6 is 11.3 Å². The molecule has 1 N–H and O–H groups in total. The summed E-state index contributed by atoms with van der Waals surface area (Å²) >= 11 is 1.46. The van der Waals surface area contributed by atoms with Crippen LogP contribution in [0.3, 0.4) is 0 Å². The lowest BCUT2D eigenvalue weighted by molar-refractivity contribution is -0.120. The van der Waals surface area contributed by atoms with Crippen molar-refractivity contribution in [3.8, 4) is 0 Å². The van der Waals surface area contributed by atoms with Crippen LogP contribution in [0.5, 0.6) is 0 Å². The van der Waals surface area contributed by atoms with E-state index < -0.39 is 10.0 Å². The van der Waals surface area contributed by atoms with Crippen LogP contribution in [0.4, 0.5) is 5.13 Å². The number of thiazole rings is 1. The van der Waals surface area contributed by atoms with Crippen LogP contribution in [-0.2, 0) is 14.8 Å². The molecule has 1 amide bonds. The highest BCUT2D eigenvalue weighted by atomic mass is 32.2. The molecular formula is C20H27N3O3S2. The second-order valence-corrected chi connectivity index (χ2v) is 10.6. The van der Waals surface area contributed by atoms with E-state index in [-0.39, 0.29) is 11.8 Å². The number of piperidine rings is 1. The van der Waals surface area contributed by atoms with Gasteiger partial charge in [-0.25, -0.2) is 13.4 Å². The fraction of sp³-hybridized carbons (Fsp3) is 0.500. The van der Waals surface area contributed by atoms with Crippen molar-refractivity contribution in [1.82, 2.24) is 9.29 Å². The Hall–Kier alpha value is -1.77. The molecule has 28 heavy (non-hydrogen) atoms. The lowest BCUT2D eigenvalue weighted by Gasteiger charge is -2.31. The van der Waals surface area contributed by atoms with E-state index in [1.807, 2.05) is 46.8 Å². The molecule has 1 aromatic heterocycles. The quantitative estimate of drug-likeness (QED) is 0.816. The number of hydrogen-bond acceptors (Lipinski definition) is 5. The number of carbonyl (C=O) groups is 1. The minimum Gasteiger partial charge on any atom is -0.302 e. The fourth-order valence-corrected chi connectivity index (χ4v) is 6.49. The predicted molar refractivity (Wildman–Crippen MR) is 112 cm³/mol. The molecule has 2 aromatic rings. The lowest BCUT2D eigenvalue weighted by atomic mass is 9.97. The van der Waals surface area contributed by atoms with Gasteiger partial charge in [0.1, 0.15) is 0 Å². The van der Waals surface area contributed by atoms with Crippen molar-refractivity contribution in [1.29, 1.82) is 0 Å². The Balaban J connectivity index is 1.68. The topological polar surface area (TPSA) is 79.4 Å². The van der Waals surface area contributed by atoms with Gasteiger partial charge in [-0.1, -0.05) is 17.7 Å². The SMILES string of the molecule is Cc1cc(C)c(S(=O)(=O)N2CCC(C(=O)Nc3nc(C)c(C)s3)CC2)c(C)c1. The third-order valence-corrected chi connectivity index (χ3v) is 8.48. The van der Waals surface area contributed by atoms with E-state index in [4.69, 9.17) is 0 Å². The van der Waals surface area contributed by atoms with Gasteiger partial charge in [-0.2, -0.15) is 4.31 Å². The molecule has 2 heterocycles. The first-order valence-electron chi connectivity index (χ1n) is 9.42. The van der Waals surface area contributed by atoms with E-state index >= 15 is 0 Å². The molecule has 0 unspecified atom stereocenters. The third-order valence-electron chi connectivity index (χ3n) is 5.29. The molecule has 0 radical (unpaired) electrons. The van der Waals surface area contributed by atoms with Crippen LogP contribution in [0.1, 0.15) is 40.1 Å². The van der Waals surface area contributed by atoms with E-state index in [1.54, 1.807) is 0 Å². The Morgan fingerprint density at radius 3 is 2.18 bits per heavy atom. The average molecular weight is 422 g/mol. The summed E-state index contributed by atoms with van der Waals surface area (Å²) in [6.07, 6.45) is 1.02. The van der Waals surface area contributed by atoms with E-state index in [0.717, 1.165) is 27.3 Å². The van der Waals surface area contributed by atoms with Gasteiger partial charge in [-0.15, -0.1) is 11.3 Å². The number of hydrogen-bond donors (Lipinski definition) is 1. The zero-order valence-corrected chi connectivity index (χ0v) is 18.6. The summed E-state index contributed by atoms with van der Waals surface area (Å²) in [7, 11) is -3.56. The van der Waals surface area contributed by atoms with Crippen molar-refractivity contribution in [3.05, 3.63) is 39.4 Å². The largest absolute Gasteiger partial charge is 0.302 e. The number of amides is 1. The van der Waals surface area contributed by atoms with Gasteiger partial charge in [0.25, 0.3) is 0 Å². The molecule has 1 aliphatic heterocycles. The highest BCUT2D eigenvalue weighted by Gasteiger charge is 2.34. The van der Waals surface area contributed by atoms with Crippen LogP contribution in [0.2, 0.25) is 0 Å². The number of carbonyl (C=O) groups excluding carboxylic acids is 1. The first kappa shape index (κ1) is 21.0. The number of benzene rings is 1. The molecule has 0 atom stereocenters. The number of rotatable bonds is 4. The van der Waals surface area contributed by atoms with Crippen LogP contribution in [-0.4, -0.2) is 36.7 Å². The molecular weight excluding hydrogens is 394 g/mol. The highest BCUT2D eigenvalue weighted by molar-refractivity contribution is 7.89. The maximum atomic E-state index is 13.2. The van der Waals surface area contributed by atoms with Crippen molar-refractivity contribution >= 4 is 32.4 Å². The van der Waals surface area contributed by atoms with Crippen molar-refractivity contribution in [3.63, 3.8) is 0 Å². The molecule has 0 bridgehead atoms. The van der Waals surface area contributed by atoms with Gasteiger partial charge >= 0.3 is 0 Å². The van der Waals surface area contributed by atoms with Gasteiger partial charge in [0.15, 0.2) is 5.13 Å². The zero-order valence-electron chi connectivity index (χ0n) is 17.0. The Kier molecular flexibility index (Phi) is 5.93. The summed E-state index contributed by atoms with van der Waals surface area (Å²) in [5, 5.41) is 3.50. The van der Waals surface area contributed by atoms with Crippen molar-refractivity contribution < 1.29 is 13.2 Å². The average Bonchev–Trinajstić information content (AvgIpc) is 2.91. The summed E-state index contributed by atoms with van der Waals surface area (Å²) in [5.74, 6) is -0.273. The summed E-state index contributed by atoms with van der Waals surface area (Å²) in [6.45, 7) is 10.2. The number of aryl methyl sites for hydroxylation is 5. The molecule has 1 aromatic carbocycles. The third kappa shape index (κ3) is 4.14.